The minimum Gasteiger partial charge on any atom is -0.494 e. The lowest BCUT2D eigenvalue weighted by molar-refractivity contribution is -0.143. The monoisotopic (exact) mass is 265 g/mol. The first-order valence-corrected chi connectivity index (χ1v) is 6.56. The van der Waals surface area contributed by atoms with Crippen molar-refractivity contribution in [2.24, 2.45) is 0 Å². The zero-order valence-electron chi connectivity index (χ0n) is 12.1. The number of likely N-dealkylation sites (N-methyl/N-ethyl adjacent to an activating group) is 1. The minimum absolute atomic E-state index is 0.263. The zero-order valence-corrected chi connectivity index (χ0v) is 12.1. The lowest BCUT2D eigenvalue weighted by atomic mass is 10.0. The number of carbonyl (C=O) groups excluding carboxylic acids is 1. The molecular weight excluding hydrogens is 242 g/mol. The van der Waals surface area contributed by atoms with Crippen molar-refractivity contribution in [2.75, 3.05) is 20.8 Å². The molecule has 0 aliphatic carbocycles. The standard InChI is InChI=1S/C15H23NO3/c1-11(2)12-5-7-13(8-6-12)19-10-9-14(16-3)15(17)18-4/h5-8,11,14,16H,9-10H2,1-4H3. The summed E-state index contributed by atoms with van der Waals surface area (Å²) in [5.41, 5.74) is 1.29. The van der Waals surface area contributed by atoms with Crippen LogP contribution in [0.15, 0.2) is 24.3 Å². The molecule has 0 heterocycles. The van der Waals surface area contributed by atoms with Gasteiger partial charge in [0.25, 0.3) is 0 Å². The summed E-state index contributed by atoms with van der Waals surface area (Å²) in [4.78, 5) is 11.4. The third-order valence-electron chi connectivity index (χ3n) is 3.06. The largest absolute Gasteiger partial charge is 0.494 e. The highest BCUT2D eigenvalue weighted by Crippen LogP contribution is 2.18. The van der Waals surface area contributed by atoms with Crippen LogP contribution in [0.4, 0.5) is 0 Å². The third-order valence-corrected chi connectivity index (χ3v) is 3.06. The highest BCUT2D eigenvalue weighted by molar-refractivity contribution is 5.75. The summed E-state index contributed by atoms with van der Waals surface area (Å²) < 4.78 is 10.3. The molecule has 0 amide bonds. The van der Waals surface area contributed by atoms with Gasteiger partial charge in [-0.3, -0.25) is 4.79 Å². The van der Waals surface area contributed by atoms with E-state index in [0.717, 1.165) is 5.75 Å². The molecule has 0 spiro atoms. The van der Waals surface area contributed by atoms with E-state index in [1.54, 1.807) is 7.05 Å². The summed E-state index contributed by atoms with van der Waals surface area (Å²) in [7, 11) is 3.12. The Morgan fingerprint density at radius 1 is 1.26 bits per heavy atom. The van der Waals surface area contributed by atoms with E-state index in [4.69, 9.17) is 9.47 Å². The van der Waals surface area contributed by atoms with Crippen molar-refractivity contribution >= 4 is 5.97 Å². The van der Waals surface area contributed by atoms with Gasteiger partial charge >= 0.3 is 5.97 Å². The highest BCUT2D eigenvalue weighted by atomic mass is 16.5. The van der Waals surface area contributed by atoms with Crippen molar-refractivity contribution in [3.8, 4) is 5.75 Å². The number of hydrogen-bond donors (Lipinski definition) is 1. The van der Waals surface area contributed by atoms with Crippen molar-refractivity contribution in [2.45, 2.75) is 32.2 Å². The zero-order chi connectivity index (χ0) is 14.3. The van der Waals surface area contributed by atoms with E-state index in [0.29, 0.717) is 18.9 Å². The molecular formula is C15H23NO3. The van der Waals surface area contributed by atoms with Crippen LogP contribution in [0, 0.1) is 0 Å². The van der Waals surface area contributed by atoms with Gasteiger partial charge in [0.1, 0.15) is 11.8 Å². The Labute approximate surface area is 115 Å². The molecule has 0 aliphatic rings. The predicted molar refractivity (Wildman–Crippen MR) is 75.5 cm³/mol. The van der Waals surface area contributed by atoms with Crippen molar-refractivity contribution < 1.29 is 14.3 Å². The smallest absolute Gasteiger partial charge is 0.322 e. The Morgan fingerprint density at radius 3 is 2.37 bits per heavy atom. The van der Waals surface area contributed by atoms with Gasteiger partial charge in [-0.25, -0.2) is 0 Å². The van der Waals surface area contributed by atoms with Crippen LogP contribution in [0.3, 0.4) is 0 Å². The molecule has 0 fully saturated rings. The Kier molecular flexibility index (Phi) is 6.36. The molecule has 0 saturated heterocycles. The number of ether oxygens (including phenoxy) is 2. The Bertz CT molecular complexity index is 387. The number of benzene rings is 1. The molecule has 1 atom stereocenters. The molecule has 4 heteroatoms. The molecule has 19 heavy (non-hydrogen) atoms. The van der Waals surface area contributed by atoms with Gasteiger partial charge in [0.2, 0.25) is 0 Å². The molecule has 0 bridgehead atoms. The second-order valence-corrected chi connectivity index (χ2v) is 4.73. The van der Waals surface area contributed by atoms with E-state index < -0.39 is 0 Å². The molecule has 0 aliphatic heterocycles. The fourth-order valence-corrected chi connectivity index (χ4v) is 1.77. The normalized spacial score (nSPS) is 12.3. The number of esters is 1. The predicted octanol–water partition coefficient (Wildman–Crippen LogP) is 2.34. The van der Waals surface area contributed by atoms with Crippen molar-refractivity contribution in [1.82, 2.24) is 5.32 Å². The molecule has 1 unspecified atom stereocenters. The lowest BCUT2D eigenvalue weighted by Gasteiger charge is -2.14. The van der Waals surface area contributed by atoms with Crippen LogP contribution < -0.4 is 10.1 Å². The van der Waals surface area contributed by atoms with Crippen LogP contribution >= 0.6 is 0 Å². The summed E-state index contributed by atoms with van der Waals surface area (Å²) in [5.74, 6) is 1.08. The second-order valence-electron chi connectivity index (χ2n) is 4.73. The van der Waals surface area contributed by atoms with Crippen molar-refractivity contribution in [3.63, 3.8) is 0 Å². The van der Waals surface area contributed by atoms with Gasteiger partial charge < -0.3 is 14.8 Å². The molecule has 1 aromatic carbocycles. The van der Waals surface area contributed by atoms with Gasteiger partial charge in [0.15, 0.2) is 0 Å². The SMILES string of the molecule is CNC(CCOc1ccc(C(C)C)cc1)C(=O)OC. The summed E-state index contributed by atoms with van der Waals surface area (Å²) >= 11 is 0. The molecule has 4 nitrogen and oxygen atoms in total. The maximum absolute atomic E-state index is 11.4. The molecule has 106 valence electrons. The highest BCUT2D eigenvalue weighted by Gasteiger charge is 2.16. The summed E-state index contributed by atoms with van der Waals surface area (Å²) in [6.45, 7) is 4.79. The number of rotatable bonds is 7. The quantitative estimate of drug-likeness (QED) is 0.769. The van der Waals surface area contributed by atoms with Gasteiger partial charge in [0.05, 0.1) is 13.7 Å². The first-order valence-electron chi connectivity index (χ1n) is 6.56. The van der Waals surface area contributed by atoms with Crippen LogP contribution in [0.5, 0.6) is 5.75 Å². The van der Waals surface area contributed by atoms with Gasteiger partial charge in [-0.1, -0.05) is 26.0 Å². The van der Waals surface area contributed by atoms with Crippen molar-refractivity contribution in [3.05, 3.63) is 29.8 Å². The van der Waals surface area contributed by atoms with Crippen LogP contribution in [0.25, 0.3) is 0 Å². The third kappa shape index (κ3) is 4.91. The molecule has 0 radical (unpaired) electrons. The first-order chi connectivity index (χ1) is 9.08. The maximum atomic E-state index is 11.4. The van der Waals surface area contributed by atoms with Gasteiger partial charge in [-0.15, -0.1) is 0 Å². The number of carbonyl (C=O) groups is 1. The number of methoxy groups -OCH3 is 1. The van der Waals surface area contributed by atoms with E-state index in [1.807, 2.05) is 12.1 Å². The summed E-state index contributed by atoms with van der Waals surface area (Å²) in [6.07, 6.45) is 0.578. The van der Waals surface area contributed by atoms with Gasteiger partial charge in [-0.2, -0.15) is 0 Å². The van der Waals surface area contributed by atoms with E-state index in [9.17, 15) is 4.79 Å². The Morgan fingerprint density at radius 2 is 1.89 bits per heavy atom. The molecule has 1 rings (SSSR count). The van der Waals surface area contributed by atoms with E-state index in [1.165, 1.54) is 12.7 Å². The average molecular weight is 265 g/mol. The summed E-state index contributed by atoms with van der Waals surface area (Å²) in [6, 6.07) is 7.73. The molecule has 0 saturated carbocycles. The van der Waals surface area contributed by atoms with Gasteiger partial charge in [-0.05, 0) is 30.7 Å². The second kappa shape index (κ2) is 7.79. The van der Waals surface area contributed by atoms with Crippen LogP contribution in [-0.4, -0.2) is 32.8 Å². The fraction of sp³-hybridized carbons (Fsp3) is 0.533. The van der Waals surface area contributed by atoms with E-state index in [-0.39, 0.29) is 12.0 Å². The average Bonchev–Trinajstić information content (AvgIpc) is 2.43. The van der Waals surface area contributed by atoms with Crippen LogP contribution in [-0.2, 0) is 9.53 Å². The number of hydrogen-bond acceptors (Lipinski definition) is 4. The molecule has 0 aromatic heterocycles. The van der Waals surface area contributed by atoms with Crippen molar-refractivity contribution in [1.29, 1.82) is 0 Å². The van der Waals surface area contributed by atoms with Gasteiger partial charge in [0, 0.05) is 6.42 Å². The van der Waals surface area contributed by atoms with E-state index >= 15 is 0 Å². The molecule has 1 N–H and O–H groups in total. The topological polar surface area (TPSA) is 47.6 Å². The maximum Gasteiger partial charge on any atom is 0.322 e. The van der Waals surface area contributed by atoms with Crippen LogP contribution in [0.1, 0.15) is 31.7 Å². The fourth-order valence-electron chi connectivity index (χ4n) is 1.77. The Hall–Kier alpha value is -1.55. The molecule has 1 aromatic rings. The number of nitrogens with one attached hydrogen (secondary N) is 1. The lowest BCUT2D eigenvalue weighted by Crippen LogP contribution is -2.36. The summed E-state index contributed by atoms with van der Waals surface area (Å²) in [5, 5.41) is 2.91. The minimum atomic E-state index is -0.320. The first kappa shape index (κ1) is 15.5. The van der Waals surface area contributed by atoms with Crippen LogP contribution in [0.2, 0.25) is 0 Å². The Balaban J connectivity index is 2.42. The van der Waals surface area contributed by atoms with E-state index in [2.05, 4.69) is 31.3 Å².